The van der Waals surface area contributed by atoms with Crippen molar-refractivity contribution < 1.29 is 9.59 Å². The van der Waals surface area contributed by atoms with Gasteiger partial charge in [-0.25, -0.2) is 4.98 Å². The van der Waals surface area contributed by atoms with Crippen LogP contribution in [0.3, 0.4) is 0 Å². The zero-order valence-corrected chi connectivity index (χ0v) is 11.9. The quantitative estimate of drug-likeness (QED) is 0.710. The first-order valence-electron chi connectivity index (χ1n) is 6.52. The van der Waals surface area contributed by atoms with Gasteiger partial charge >= 0.3 is 0 Å². The van der Waals surface area contributed by atoms with Crippen LogP contribution in [0.15, 0.2) is 42.0 Å². The highest BCUT2D eigenvalue weighted by Crippen LogP contribution is 2.16. The second-order valence-electron chi connectivity index (χ2n) is 4.58. The topological polar surface area (TPSA) is 74.8 Å². The molecule has 0 bridgehead atoms. The Hall–Kier alpha value is -2.47. The summed E-state index contributed by atoms with van der Waals surface area (Å²) in [4.78, 5) is 31.5. The molecule has 0 aliphatic carbocycles. The molecule has 0 spiro atoms. The highest BCUT2D eigenvalue weighted by molar-refractivity contribution is 7.12. The van der Waals surface area contributed by atoms with Gasteiger partial charge in [0.25, 0.3) is 0 Å². The Kier molecular flexibility index (Phi) is 3.79. The van der Waals surface area contributed by atoms with Crippen LogP contribution >= 0.6 is 11.3 Å². The maximum Gasteiger partial charge on any atom is 0.224 e. The number of imidazole rings is 1. The van der Waals surface area contributed by atoms with Gasteiger partial charge in [0.2, 0.25) is 5.91 Å². The standard InChI is InChI=1S/C15H13N3O2S/c19-13(14-2-1-7-21-14)5-6-15(20)18-10-3-4-11-12(8-10)17-9-16-11/h1-4,7-9H,5-6H2,(H,16,17)(H,18,20). The van der Waals surface area contributed by atoms with E-state index in [4.69, 9.17) is 0 Å². The van der Waals surface area contributed by atoms with E-state index in [1.54, 1.807) is 18.5 Å². The van der Waals surface area contributed by atoms with Crippen molar-refractivity contribution in [3.05, 3.63) is 46.9 Å². The summed E-state index contributed by atoms with van der Waals surface area (Å²) >= 11 is 1.40. The Labute approximate surface area is 125 Å². The summed E-state index contributed by atoms with van der Waals surface area (Å²) in [5.41, 5.74) is 2.41. The number of hydrogen-bond acceptors (Lipinski definition) is 4. The van der Waals surface area contributed by atoms with Crippen LogP contribution in [0, 0.1) is 0 Å². The highest BCUT2D eigenvalue weighted by Gasteiger charge is 2.10. The monoisotopic (exact) mass is 299 g/mol. The van der Waals surface area contributed by atoms with Crippen molar-refractivity contribution in [3.63, 3.8) is 0 Å². The summed E-state index contributed by atoms with van der Waals surface area (Å²) in [6, 6.07) is 9.05. The second-order valence-corrected chi connectivity index (χ2v) is 5.53. The van der Waals surface area contributed by atoms with Gasteiger partial charge in [0.15, 0.2) is 5.78 Å². The number of Topliss-reactive ketones (excluding diaryl/α,β-unsaturated/α-hetero) is 1. The SMILES string of the molecule is O=C(CCC(=O)c1cccs1)Nc1ccc2nc[nH]c2c1. The number of rotatable bonds is 5. The zero-order chi connectivity index (χ0) is 14.7. The van der Waals surface area contributed by atoms with Crippen LogP contribution in [0.5, 0.6) is 0 Å². The van der Waals surface area contributed by atoms with Gasteiger partial charge in [-0.2, -0.15) is 0 Å². The molecule has 0 atom stereocenters. The third-order valence-electron chi connectivity index (χ3n) is 3.08. The number of amides is 1. The minimum Gasteiger partial charge on any atom is -0.345 e. The van der Waals surface area contributed by atoms with Crippen LogP contribution in [0.2, 0.25) is 0 Å². The summed E-state index contributed by atoms with van der Waals surface area (Å²) in [6.07, 6.45) is 2.01. The molecule has 2 aromatic heterocycles. The molecular weight excluding hydrogens is 286 g/mol. The van der Waals surface area contributed by atoms with Crippen LogP contribution in [0.4, 0.5) is 5.69 Å². The summed E-state index contributed by atoms with van der Waals surface area (Å²) < 4.78 is 0. The van der Waals surface area contributed by atoms with Gasteiger partial charge in [-0.1, -0.05) is 6.07 Å². The molecule has 0 radical (unpaired) electrons. The van der Waals surface area contributed by atoms with Crippen LogP contribution < -0.4 is 5.32 Å². The molecule has 0 saturated carbocycles. The van der Waals surface area contributed by atoms with Crippen molar-refractivity contribution in [1.82, 2.24) is 9.97 Å². The number of carbonyl (C=O) groups is 2. The molecule has 21 heavy (non-hydrogen) atoms. The molecule has 2 N–H and O–H groups in total. The number of aromatic nitrogens is 2. The van der Waals surface area contributed by atoms with Crippen molar-refractivity contribution in [2.24, 2.45) is 0 Å². The summed E-state index contributed by atoms with van der Waals surface area (Å²) in [5.74, 6) is -0.164. The smallest absolute Gasteiger partial charge is 0.224 e. The molecule has 0 aliphatic heterocycles. The molecule has 0 unspecified atom stereocenters. The summed E-state index contributed by atoms with van der Waals surface area (Å²) in [6.45, 7) is 0. The molecule has 3 aromatic rings. The number of H-pyrrole nitrogens is 1. The fraction of sp³-hybridized carbons (Fsp3) is 0.133. The van der Waals surface area contributed by atoms with Gasteiger partial charge < -0.3 is 10.3 Å². The predicted octanol–water partition coefficient (Wildman–Crippen LogP) is 3.23. The third kappa shape index (κ3) is 3.17. The van der Waals surface area contributed by atoms with E-state index in [2.05, 4.69) is 15.3 Å². The number of thiophene rings is 1. The van der Waals surface area contributed by atoms with Gasteiger partial charge in [0, 0.05) is 18.5 Å². The van der Waals surface area contributed by atoms with Crippen molar-refractivity contribution in [2.45, 2.75) is 12.8 Å². The predicted molar refractivity (Wildman–Crippen MR) is 82.6 cm³/mol. The van der Waals surface area contributed by atoms with E-state index < -0.39 is 0 Å². The molecule has 1 aromatic carbocycles. The number of fused-ring (bicyclic) bond motifs is 1. The first-order chi connectivity index (χ1) is 10.2. The van der Waals surface area contributed by atoms with Crippen molar-refractivity contribution in [3.8, 4) is 0 Å². The van der Waals surface area contributed by atoms with Crippen LogP contribution in [0.1, 0.15) is 22.5 Å². The number of nitrogens with one attached hydrogen (secondary N) is 2. The Morgan fingerprint density at radius 2 is 2.14 bits per heavy atom. The Balaban J connectivity index is 1.57. The van der Waals surface area contributed by atoms with Gasteiger partial charge in [-0.05, 0) is 29.6 Å². The molecule has 106 valence electrons. The van der Waals surface area contributed by atoms with Crippen molar-refractivity contribution >= 4 is 39.7 Å². The van der Waals surface area contributed by atoms with E-state index in [9.17, 15) is 9.59 Å². The fourth-order valence-corrected chi connectivity index (χ4v) is 2.72. The van der Waals surface area contributed by atoms with Crippen molar-refractivity contribution in [2.75, 3.05) is 5.32 Å². The summed E-state index contributed by atoms with van der Waals surface area (Å²) in [5, 5.41) is 4.64. The van der Waals surface area contributed by atoms with E-state index in [1.165, 1.54) is 11.3 Å². The van der Waals surface area contributed by atoms with E-state index >= 15 is 0 Å². The van der Waals surface area contributed by atoms with Crippen molar-refractivity contribution in [1.29, 1.82) is 0 Å². The maximum absolute atomic E-state index is 11.9. The number of aromatic amines is 1. The number of benzene rings is 1. The molecule has 5 nitrogen and oxygen atoms in total. The average molecular weight is 299 g/mol. The van der Waals surface area contributed by atoms with Gasteiger partial charge in [-0.3, -0.25) is 9.59 Å². The molecule has 0 saturated heterocycles. The number of nitrogens with zero attached hydrogens (tertiary/aromatic N) is 1. The Bertz CT molecular complexity index is 777. The van der Waals surface area contributed by atoms with Crippen LogP contribution in [-0.2, 0) is 4.79 Å². The highest BCUT2D eigenvalue weighted by atomic mass is 32.1. The molecule has 0 fully saturated rings. The maximum atomic E-state index is 11.9. The third-order valence-corrected chi connectivity index (χ3v) is 3.99. The Morgan fingerprint density at radius 1 is 1.24 bits per heavy atom. The lowest BCUT2D eigenvalue weighted by molar-refractivity contribution is -0.116. The van der Waals surface area contributed by atoms with Gasteiger partial charge in [0.05, 0.1) is 22.2 Å². The van der Waals surface area contributed by atoms with E-state index in [0.29, 0.717) is 10.6 Å². The lowest BCUT2D eigenvalue weighted by Crippen LogP contribution is -2.13. The molecule has 1 amide bonds. The number of anilines is 1. The minimum atomic E-state index is -0.168. The van der Waals surface area contributed by atoms with Crippen LogP contribution in [0.25, 0.3) is 11.0 Å². The summed E-state index contributed by atoms with van der Waals surface area (Å²) in [7, 11) is 0. The van der Waals surface area contributed by atoms with Gasteiger partial charge in [0.1, 0.15) is 0 Å². The van der Waals surface area contributed by atoms with Gasteiger partial charge in [-0.15, -0.1) is 11.3 Å². The molecule has 3 rings (SSSR count). The fourth-order valence-electron chi connectivity index (χ4n) is 2.02. The molecular formula is C15H13N3O2S. The normalized spacial score (nSPS) is 10.7. The molecule has 2 heterocycles. The van der Waals surface area contributed by atoms with E-state index in [0.717, 1.165) is 11.0 Å². The van der Waals surface area contributed by atoms with E-state index in [1.807, 2.05) is 23.6 Å². The lowest BCUT2D eigenvalue weighted by Gasteiger charge is -2.04. The average Bonchev–Trinajstić information content (AvgIpc) is 3.15. The number of hydrogen-bond donors (Lipinski definition) is 2. The van der Waals surface area contributed by atoms with E-state index in [-0.39, 0.29) is 24.5 Å². The first-order valence-corrected chi connectivity index (χ1v) is 7.40. The second kappa shape index (κ2) is 5.88. The minimum absolute atomic E-state index is 0.00386. The lowest BCUT2D eigenvalue weighted by atomic mass is 10.2. The number of ketones is 1. The molecule has 6 heteroatoms. The zero-order valence-electron chi connectivity index (χ0n) is 11.1. The first kappa shape index (κ1) is 13.5. The Morgan fingerprint density at radius 3 is 2.95 bits per heavy atom. The van der Waals surface area contributed by atoms with Crippen LogP contribution in [-0.4, -0.2) is 21.7 Å². The largest absolute Gasteiger partial charge is 0.345 e. The molecule has 0 aliphatic rings. The number of carbonyl (C=O) groups excluding carboxylic acids is 2.